The molecule has 96 valence electrons. The van der Waals surface area contributed by atoms with Crippen LogP contribution in [0.15, 0.2) is 11.6 Å². The van der Waals surface area contributed by atoms with Gasteiger partial charge in [-0.2, -0.15) is 5.10 Å². The maximum Gasteiger partial charge on any atom is 0.174 e. The molecule has 0 saturated heterocycles. The molecule has 0 aromatic carbocycles. The zero-order chi connectivity index (χ0) is 13.3. The fraction of sp³-hybridized carbons (Fsp3) is 0.417. The van der Waals surface area contributed by atoms with Crippen LogP contribution < -0.4 is 5.73 Å². The summed E-state index contributed by atoms with van der Waals surface area (Å²) >= 11 is 1.50. The summed E-state index contributed by atoms with van der Waals surface area (Å²) in [6.45, 7) is 6.30. The van der Waals surface area contributed by atoms with Gasteiger partial charge in [0.05, 0.1) is 23.9 Å². The third kappa shape index (κ3) is 2.59. The van der Waals surface area contributed by atoms with Crippen LogP contribution in [0.1, 0.15) is 41.8 Å². The Balaban J connectivity index is 2.13. The number of nitrogen functional groups attached to an aromatic ring is 1. The third-order valence-corrected chi connectivity index (χ3v) is 3.45. The van der Waals surface area contributed by atoms with E-state index in [9.17, 15) is 4.79 Å². The van der Waals surface area contributed by atoms with E-state index in [1.54, 1.807) is 0 Å². The first-order valence-corrected chi connectivity index (χ1v) is 6.53. The van der Waals surface area contributed by atoms with Gasteiger partial charge in [-0.25, -0.2) is 4.98 Å². The number of aromatic nitrogens is 3. The average Bonchev–Trinajstić information content (AvgIpc) is 2.85. The first kappa shape index (κ1) is 12.8. The van der Waals surface area contributed by atoms with E-state index >= 15 is 0 Å². The van der Waals surface area contributed by atoms with E-state index in [1.165, 1.54) is 17.5 Å². The van der Waals surface area contributed by atoms with E-state index in [1.807, 2.05) is 5.38 Å². The second-order valence-corrected chi connectivity index (χ2v) is 6.12. The van der Waals surface area contributed by atoms with Gasteiger partial charge in [0.15, 0.2) is 5.78 Å². The van der Waals surface area contributed by atoms with Crippen molar-refractivity contribution in [2.45, 2.75) is 32.6 Å². The number of rotatable bonds is 3. The molecule has 6 heteroatoms. The van der Waals surface area contributed by atoms with E-state index in [0.29, 0.717) is 11.4 Å². The smallest absolute Gasteiger partial charge is 0.174 e. The number of aromatic amines is 1. The van der Waals surface area contributed by atoms with E-state index in [2.05, 4.69) is 36.0 Å². The summed E-state index contributed by atoms with van der Waals surface area (Å²) in [7, 11) is 0. The highest BCUT2D eigenvalue weighted by molar-refractivity contribution is 7.09. The molecule has 0 bridgehead atoms. The Bertz CT molecular complexity index is 565. The van der Waals surface area contributed by atoms with Crippen LogP contribution in [0.25, 0.3) is 0 Å². The van der Waals surface area contributed by atoms with E-state index in [-0.39, 0.29) is 17.6 Å². The second kappa shape index (κ2) is 4.53. The summed E-state index contributed by atoms with van der Waals surface area (Å²) in [5.41, 5.74) is 7.06. The number of nitrogens with zero attached hydrogens (tertiary/aromatic N) is 2. The zero-order valence-electron chi connectivity index (χ0n) is 10.7. The number of thiazole rings is 1. The molecule has 0 saturated carbocycles. The van der Waals surface area contributed by atoms with E-state index in [0.717, 1.165) is 10.7 Å². The first-order valence-electron chi connectivity index (χ1n) is 5.65. The summed E-state index contributed by atoms with van der Waals surface area (Å²) in [4.78, 5) is 16.5. The van der Waals surface area contributed by atoms with Crippen molar-refractivity contribution in [3.05, 3.63) is 27.8 Å². The number of nitrogens with two attached hydrogens (primary N) is 1. The molecule has 0 aliphatic heterocycles. The number of nitrogens with one attached hydrogen (secondary N) is 1. The molecular weight excluding hydrogens is 248 g/mol. The minimum Gasteiger partial charge on any atom is -0.383 e. The fourth-order valence-corrected chi connectivity index (χ4v) is 2.51. The van der Waals surface area contributed by atoms with Gasteiger partial charge in [0.25, 0.3) is 0 Å². The number of hydrogen-bond acceptors (Lipinski definition) is 5. The van der Waals surface area contributed by atoms with Crippen LogP contribution in [0.4, 0.5) is 5.82 Å². The highest BCUT2D eigenvalue weighted by Crippen LogP contribution is 2.24. The summed E-state index contributed by atoms with van der Waals surface area (Å²) in [5, 5.41) is 9.11. The summed E-state index contributed by atoms with van der Waals surface area (Å²) < 4.78 is 0. The maximum absolute atomic E-state index is 12.0. The Labute approximate surface area is 109 Å². The van der Waals surface area contributed by atoms with Crippen molar-refractivity contribution in [1.29, 1.82) is 0 Å². The largest absolute Gasteiger partial charge is 0.383 e. The van der Waals surface area contributed by atoms with Crippen molar-refractivity contribution >= 4 is 22.9 Å². The monoisotopic (exact) mass is 264 g/mol. The quantitative estimate of drug-likeness (QED) is 0.832. The minimum atomic E-state index is -0.0592. The molecule has 2 heterocycles. The molecule has 0 radical (unpaired) electrons. The van der Waals surface area contributed by atoms with Crippen LogP contribution in [-0.4, -0.2) is 21.0 Å². The predicted octanol–water partition coefficient (Wildman–Crippen LogP) is 2.17. The molecule has 0 unspecified atom stereocenters. The topological polar surface area (TPSA) is 84.7 Å². The van der Waals surface area contributed by atoms with Crippen LogP contribution in [-0.2, 0) is 11.8 Å². The summed E-state index contributed by atoms with van der Waals surface area (Å²) in [5.74, 6) is 0.253. The van der Waals surface area contributed by atoms with Crippen molar-refractivity contribution < 1.29 is 4.79 Å². The standard InChI is InChI=1S/C12H16N4OS/c1-12(2,3)9-6-18-10(15-9)4-8(17)7-5-14-16-11(7)13/h5-6H,4H2,1-3H3,(H3,13,14,16). The molecule has 0 amide bonds. The number of anilines is 1. The van der Waals surface area contributed by atoms with Gasteiger partial charge in [-0.15, -0.1) is 11.3 Å². The van der Waals surface area contributed by atoms with Crippen molar-refractivity contribution in [3.8, 4) is 0 Å². The Morgan fingerprint density at radius 3 is 2.72 bits per heavy atom. The third-order valence-electron chi connectivity index (χ3n) is 2.60. The molecule has 2 aromatic heterocycles. The van der Waals surface area contributed by atoms with E-state index in [4.69, 9.17) is 5.73 Å². The van der Waals surface area contributed by atoms with Crippen molar-refractivity contribution in [2.75, 3.05) is 5.73 Å². The number of Topliss-reactive ketones (excluding diaryl/α,β-unsaturated/α-hetero) is 1. The molecule has 0 aliphatic carbocycles. The lowest BCUT2D eigenvalue weighted by molar-refractivity contribution is 0.0993. The number of carbonyl (C=O) groups excluding carboxylic acids is 1. The SMILES string of the molecule is CC(C)(C)c1csc(CC(=O)c2cn[nH]c2N)n1. The highest BCUT2D eigenvalue weighted by Gasteiger charge is 2.19. The van der Waals surface area contributed by atoms with Gasteiger partial charge in [-0.3, -0.25) is 9.89 Å². The fourth-order valence-electron chi connectivity index (χ4n) is 1.49. The van der Waals surface area contributed by atoms with Crippen molar-refractivity contribution in [3.63, 3.8) is 0 Å². The van der Waals surface area contributed by atoms with Crippen LogP contribution in [0.2, 0.25) is 0 Å². The van der Waals surface area contributed by atoms with Gasteiger partial charge in [0, 0.05) is 10.8 Å². The van der Waals surface area contributed by atoms with Gasteiger partial charge < -0.3 is 5.73 Å². The number of ketones is 1. The van der Waals surface area contributed by atoms with E-state index < -0.39 is 0 Å². The number of hydrogen-bond donors (Lipinski definition) is 2. The summed E-state index contributed by atoms with van der Waals surface area (Å²) in [6.07, 6.45) is 1.72. The number of H-pyrrole nitrogens is 1. The molecule has 18 heavy (non-hydrogen) atoms. The zero-order valence-corrected chi connectivity index (χ0v) is 11.5. The molecule has 0 atom stereocenters. The maximum atomic E-state index is 12.0. The number of carbonyl (C=O) groups is 1. The predicted molar refractivity (Wildman–Crippen MR) is 71.8 cm³/mol. The normalized spacial score (nSPS) is 11.7. The minimum absolute atomic E-state index is 0.00641. The first-order chi connectivity index (χ1) is 8.38. The second-order valence-electron chi connectivity index (χ2n) is 5.17. The molecule has 2 rings (SSSR count). The van der Waals surface area contributed by atoms with Crippen LogP contribution in [0, 0.1) is 0 Å². The Morgan fingerprint density at radius 1 is 1.50 bits per heavy atom. The van der Waals surface area contributed by atoms with Gasteiger partial charge in [0.2, 0.25) is 0 Å². The molecular formula is C12H16N4OS. The Morgan fingerprint density at radius 2 is 2.22 bits per heavy atom. The Hall–Kier alpha value is -1.69. The van der Waals surface area contributed by atoms with Crippen molar-refractivity contribution in [2.24, 2.45) is 0 Å². The molecule has 0 spiro atoms. The van der Waals surface area contributed by atoms with Gasteiger partial charge in [-0.1, -0.05) is 20.8 Å². The lowest BCUT2D eigenvalue weighted by Gasteiger charge is -2.14. The molecule has 0 fully saturated rings. The lowest BCUT2D eigenvalue weighted by atomic mass is 9.93. The molecule has 2 aromatic rings. The van der Waals surface area contributed by atoms with Crippen LogP contribution in [0.3, 0.4) is 0 Å². The lowest BCUT2D eigenvalue weighted by Crippen LogP contribution is -2.12. The molecule has 0 aliphatic rings. The van der Waals surface area contributed by atoms with Crippen LogP contribution >= 0.6 is 11.3 Å². The average molecular weight is 264 g/mol. The highest BCUT2D eigenvalue weighted by atomic mass is 32.1. The van der Waals surface area contributed by atoms with Gasteiger partial charge in [0.1, 0.15) is 10.8 Å². The van der Waals surface area contributed by atoms with Crippen molar-refractivity contribution in [1.82, 2.24) is 15.2 Å². The Kier molecular flexibility index (Phi) is 3.21. The molecule has 3 N–H and O–H groups in total. The van der Waals surface area contributed by atoms with Gasteiger partial charge in [-0.05, 0) is 0 Å². The van der Waals surface area contributed by atoms with Crippen LogP contribution in [0.5, 0.6) is 0 Å². The van der Waals surface area contributed by atoms with Gasteiger partial charge >= 0.3 is 0 Å². The molecule has 5 nitrogen and oxygen atoms in total. The summed E-state index contributed by atoms with van der Waals surface area (Å²) in [6, 6.07) is 0.